The third kappa shape index (κ3) is 3.36. The molecule has 20 heavy (non-hydrogen) atoms. The van der Waals surface area contributed by atoms with Crippen LogP contribution in [0.5, 0.6) is 5.75 Å². The molecule has 2 rings (SSSR count). The van der Waals surface area contributed by atoms with Gasteiger partial charge in [-0.3, -0.25) is 0 Å². The second-order valence-corrected chi connectivity index (χ2v) is 4.54. The molecule has 104 valence electrons. The van der Waals surface area contributed by atoms with Crippen LogP contribution in [0.4, 0.5) is 0 Å². The summed E-state index contributed by atoms with van der Waals surface area (Å²) in [6.45, 7) is 2.25. The zero-order valence-corrected chi connectivity index (χ0v) is 11.2. The second-order valence-electron chi connectivity index (χ2n) is 4.54. The Morgan fingerprint density at radius 3 is 2.40 bits per heavy atom. The van der Waals surface area contributed by atoms with Gasteiger partial charge in [0.2, 0.25) is 0 Å². The summed E-state index contributed by atoms with van der Waals surface area (Å²) in [6, 6.07) is 12.2. The van der Waals surface area contributed by atoms with E-state index in [1.165, 1.54) is 0 Å². The van der Waals surface area contributed by atoms with Crippen molar-refractivity contribution in [1.29, 1.82) is 0 Å². The van der Waals surface area contributed by atoms with Crippen molar-refractivity contribution in [1.82, 2.24) is 0 Å². The molecule has 0 atom stereocenters. The number of aliphatic hydroxyl groups excluding tert-OH is 1. The van der Waals surface area contributed by atoms with E-state index in [-0.39, 0.29) is 12.2 Å². The molecule has 0 aliphatic heterocycles. The summed E-state index contributed by atoms with van der Waals surface area (Å²) in [6.07, 6.45) is 0. The Bertz CT molecular complexity index is 602. The van der Waals surface area contributed by atoms with E-state index in [0.29, 0.717) is 12.4 Å². The van der Waals surface area contributed by atoms with Gasteiger partial charge in [-0.15, -0.1) is 0 Å². The van der Waals surface area contributed by atoms with Gasteiger partial charge in [0, 0.05) is 0 Å². The number of aryl methyl sites for hydroxylation is 1. The first kappa shape index (κ1) is 14.1. The SMILES string of the molecule is Cc1cc(C(=O)O)ccc1COc1ccc(CO)cc1. The molecule has 4 heteroatoms. The zero-order chi connectivity index (χ0) is 14.5. The molecule has 2 aromatic carbocycles. The number of aromatic carboxylic acids is 1. The van der Waals surface area contributed by atoms with Gasteiger partial charge in [-0.1, -0.05) is 18.2 Å². The van der Waals surface area contributed by atoms with Gasteiger partial charge in [0.1, 0.15) is 12.4 Å². The summed E-state index contributed by atoms with van der Waals surface area (Å²) in [5, 5.41) is 17.9. The summed E-state index contributed by atoms with van der Waals surface area (Å²) in [7, 11) is 0. The maximum Gasteiger partial charge on any atom is 0.335 e. The number of aliphatic hydroxyl groups is 1. The van der Waals surface area contributed by atoms with Gasteiger partial charge >= 0.3 is 5.97 Å². The van der Waals surface area contributed by atoms with Crippen molar-refractivity contribution in [2.24, 2.45) is 0 Å². The molecular weight excluding hydrogens is 256 g/mol. The number of rotatable bonds is 5. The maximum absolute atomic E-state index is 10.9. The Hall–Kier alpha value is -2.33. The predicted octanol–water partition coefficient (Wildman–Crippen LogP) is 2.76. The third-order valence-corrected chi connectivity index (χ3v) is 3.09. The van der Waals surface area contributed by atoms with E-state index < -0.39 is 5.97 Å². The van der Waals surface area contributed by atoms with Gasteiger partial charge in [-0.05, 0) is 47.9 Å². The van der Waals surface area contributed by atoms with Crippen molar-refractivity contribution in [2.75, 3.05) is 0 Å². The lowest BCUT2D eigenvalue weighted by Gasteiger charge is -2.09. The molecule has 2 aromatic rings. The predicted molar refractivity (Wildman–Crippen MR) is 74.8 cm³/mol. The highest BCUT2D eigenvalue weighted by atomic mass is 16.5. The standard InChI is InChI=1S/C16H16O4/c1-11-8-13(16(18)19)4-5-14(11)10-20-15-6-2-12(9-17)3-7-15/h2-8,17H,9-10H2,1H3,(H,18,19). The molecular formula is C16H16O4. The van der Waals surface area contributed by atoms with Crippen molar-refractivity contribution in [3.05, 3.63) is 64.7 Å². The molecule has 0 fully saturated rings. The van der Waals surface area contributed by atoms with Gasteiger partial charge in [0.05, 0.1) is 12.2 Å². The van der Waals surface area contributed by atoms with E-state index in [2.05, 4.69) is 0 Å². The first-order valence-corrected chi connectivity index (χ1v) is 6.25. The molecule has 0 heterocycles. The van der Waals surface area contributed by atoms with E-state index in [9.17, 15) is 4.79 Å². The van der Waals surface area contributed by atoms with Crippen LogP contribution in [-0.2, 0) is 13.2 Å². The normalized spacial score (nSPS) is 10.3. The highest BCUT2D eigenvalue weighted by molar-refractivity contribution is 5.87. The van der Waals surface area contributed by atoms with Gasteiger partial charge in [0.15, 0.2) is 0 Å². The molecule has 4 nitrogen and oxygen atoms in total. The van der Waals surface area contributed by atoms with Crippen molar-refractivity contribution in [2.45, 2.75) is 20.1 Å². The highest BCUT2D eigenvalue weighted by Gasteiger charge is 2.06. The fourth-order valence-electron chi connectivity index (χ4n) is 1.84. The van der Waals surface area contributed by atoms with Gasteiger partial charge in [-0.2, -0.15) is 0 Å². The highest BCUT2D eigenvalue weighted by Crippen LogP contribution is 2.17. The molecule has 0 aliphatic carbocycles. The summed E-state index contributed by atoms with van der Waals surface area (Å²) in [5.41, 5.74) is 2.94. The van der Waals surface area contributed by atoms with Crippen LogP contribution in [0.15, 0.2) is 42.5 Å². The lowest BCUT2D eigenvalue weighted by atomic mass is 10.1. The van der Waals surface area contributed by atoms with Crippen molar-refractivity contribution in [3.8, 4) is 5.75 Å². The molecule has 0 bridgehead atoms. The Balaban J connectivity index is 2.04. The van der Waals surface area contributed by atoms with Crippen molar-refractivity contribution < 1.29 is 19.7 Å². The smallest absolute Gasteiger partial charge is 0.335 e. The minimum Gasteiger partial charge on any atom is -0.489 e. The number of carboxylic acids is 1. The number of hydrogen-bond acceptors (Lipinski definition) is 3. The van der Waals surface area contributed by atoms with Gasteiger partial charge < -0.3 is 14.9 Å². The van der Waals surface area contributed by atoms with Crippen LogP contribution in [0, 0.1) is 6.92 Å². The molecule has 0 unspecified atom stereocenters. The Morgan fingerprint density at radius 1 is 1.15 bits per heavy atom. The molecule has 0 saturated carbocycles. The Morgan fingerprint density at radius 2 is 1.85 bits per heavy atom. The summed E-state index contributed by atoms with van der Waals surface area (Å²) in [4.78, 5) is 10.9. The molecule has 0 radical (unpaired) electrons. The van der Waals surface area contributed by atoms with Crippen LogP contribution in [0.1, 0.15) is 27.0 Å². The van der Waals surface area contributed by atoms with Gasteiger partial charge in [-0.25, -0.2) is 4.79 Å². The quantitative estimate of drug-likeness (QED) is 0.878. The number of benzene rings is 2. The monoisotopic (exact) mass is 272 g/mol. The van der Waals surface area contributed by atoms with Crippen LogP contribution in [0.3, 0.4) is 0 Å². The van der Waals surface area contributed by atoms with Crippen LogP contribution in [0.2, 0.25) is 0 Å². The Labute approximate surface area is 117 Å². The number of hydrogen-bond donors (Lipinski definition) is 2. The molecule has 0 amide bonds. The minimum atomic E-state index is -0.930. The molecule has 0 saturated heterocycles. The number of carboxylic acid groups (broad SMARTS) is 1. The first-order valence-electron chi connectivity index (χ1n) is 6.25. The summed E-state index contributed by atoms with van der Waals surface area (Å²) in [5.74, 6) is -0.218. The number of ether oxygens (including phenoxy) is 1. The molecule has 0 spiro atoms. The van der Waals surface area contributed by atoms with E-state index in [1.54, 1.807) is 42.5 Å². The van der Waals surface area contributed by atoms with Crippen molar-refractivity contribution in [3.63, 3.8) is 0 Å². The topological polar surface area (TPSA) is 66.8 Å². The zero-order valence-electron chi connectivity index (χ0n) is 11.2. The fourth-order valence-corrected chi connectivity index (χ4v) is 1.84. The molecule has 0 aliphatic rings. The minimum absolute atomic E-state index is 0.00996. The van der Waals surface area contributed by atoms with E-state index in [4.69, 9.17) is 14.9 Å². The maximum atomic E-state index is 10.9. The van der Waals surface area contributed by atoms with Gasteiger partial charge in [0.25, 0.3) is 0 Å². The molecule has 2 N–H and O–H groups in total. The average molecular weight is 272 g/mol. The third-order valence-electron chi connectivity index (χ3n) is 3.09. The second kappa shape index (κ2) is 6.21. The van der Waals surface area contributed by atoms with E-state index >= 15 is 0 Å². The van der Waals surface area contributed by atoms with E-state index in [0.717, 1.165) is 16.7 Å². The van der Waals surface area contributed by atoms with Crippen LogP contribution in [0.25, 0.3) is 0 Å². The van der Waals surface area contributed by atoms with Crippen LogP contribution < -0.4 is 4.74 Å². The van der Waals surface area contributed by atoms with Crippen molar-refractivity contribution >= 4 is 5.97 Å². The molecule has 0 aromatic heterocycles. The average Bonchev–Trinajstić information content (AvgIpc) is 2.46. The summed E-state index contributed by atoms with van der Waals surface area (Å²) < 4.78 is 5.64. The van der Waals surface area contributed by atoms with E-state index in [1.807, 2.05) is 6.92 Å². The lowest BCUT2D eigenvalue weighted by molar-refractivity contribution is 0.0696. The van der Waals surface area contributed by atoms with Crippen LogP contribution in [-0.4, -0.2) is 16.2 Å². The fraction of sp³-hybridized carbons (Fsp3) is 0.188. The first-order chi connectivity index (χ1) is 9.60. The Kier molecular flexibility index (Phi) is 4.38. The number of carbonyl (C=O) groups is 1. The summed E-state index contributed by atoms with van der Waals surface area (Å²) >= 11 is 0. The lowest BCUT2D eigenvalue weighted by Crippen LogP contribution is -2.02. The van der Waals surface area contributed by atoms with Crippen LogP contribution >= 0.6 is 0 Å². The largest absolute Gasteiger partial charge is 0.489 e.